The second-order valence-corrected chi connectivity index (χ2v) is 9.52. The summed E-state index contributed by atoms with van der Waals surface area (Å²) >= 11 is 0. The van der Waals surface area contributed by atoms with Crippen molar-refractivity contribution in [1.82, 2.24) is 19.7 Å². The van der Waals surface area contributed by atoms with Gasteiger partial charge in [0, 0.05) is 56.3 Å². The summed E-state index contributed by atoms with van der Waals surface area (Å²) in [5, 5.41) is 2.01. The Morgan fingerprint density at radius 2 is 1.77 bits per heavy atom. The first kappa shape index (κ1) is 20.2. The van der Waals surface area contributed by atoms with E-state index in [0.717, 1.165) is 50.0 Å². The van der Waals surface area contributed by atoms with E-state index in [0.29, 0.717) is 11.6 Å². The summed E-state index contributed by atoms with van der Waals surface area (Å²) < 4.78 is 0. The minimum Gasteiger partial charge on any atom is -0.336 e. The van der Waals surface area contributed by atoms with Crippen molar-refractivity contribution in [3.8, 4) is 0 Å². The summed E-state index contributed by atoms with van der Waals surface area (Å²) in [6.45, 7) is 5.81. The molecule has 3 heterocycles. The molecule has 31 heavy (non-hydrogen) atoms. The third-order valence-corrected chi connectivity index (χ3v) is 6.89. The van der Waals surface area contributed by atoms with Crippen LogP contribution < -0.4 is 0 Å². The number of hydrogen-bond acceptors (Lipinski definition) is 4. The van der Waals surface area contributed by atoms with Gasteiger partial charge in [0.05, 0.1) is 0 Å². The summed E-state index contributed by atoms with van der Waals surface area (Å²) in [5.74, 6) is 0.628. The van der Waals surface area contributed by atoms with Crippen LogP contribution in [0.15, 0.2) is 66.9 Å². The number of pyridine rings is 1. The van der Waals surface area contributed by atoms with E-state index in [9.17, 15) is 4.79 Å². The van der Waals surface area contributed by atoms with Gasteiger partial charge >= 0.3 is 0 Å². The Morgan fingerprint density at radius 1 is 1.03 bits per heavy atom. The SMILES string of the molecule is CN(C)CC1CN(Cc2ccccc2)CC12CN(C(=O)c1nccc3ccccc13)C2. The Balaban J connectivity index is 1.33. The lowest BCUT2D eigenvalue weighted by molar-refractivity contribution is -0.0156. The molecule has 2 saturated heterocycles. The fourth-order valence-corrected chi connectivity index (χ4v) is 5.45. The van der Waals surface area contributed by atoms with Crippen molar-refractivity contribution >= 4 is 16.7 Å². The highest BCUT2D eigenvalue weighted by Crippen LogP contribution is 2.45. The van der Waals surface area contributed by atoms with Crippen LogP contribution in [-0.4, -0.2) is 72.4 Å². The maximum Gasteiger partial charge on any atom is 0.273 e. The van der Waals surface area contributed by atoms with Gasteiger partial charge in [-0.2, -0.15) is 0 Å². The number of aromatic nitrogens is 1. The van der Waals surface area contributed by atoms with Gasteiger partial charge in [0.25, 0.3) is 5.91 Å². The van der Waals surface area contributed by atoms with Gasteiger partial charge in [-0.15, -0.1) is 0 Å². The average molecular weight is 415 g/mol. The summed E-state index contributed by atoms with van der Waals surface area (Å²) in [6.07, 6.45) is 1.75. The maximum absolute atomic E-state index is 13.3. The van der Waals surface area contributed by atoms with E-state index in [1.807, 2.05) is 35.2 Å². The third-order valence-electron chi connectivity index (χ3n) is 6.89. The first-order valence-electron chi connectivity index (χ1n) is 11.1. The largest absolute Gasteiger partial charge is 0.336 e. The molecule has 2 aliphatic heterocycles. The first-order chi connectivity index (χ1) is 15.0. The zero-order valence-corrected chi connectivity index (χ0v) is 18.4. The molecule has 2 fully saturated rings. The standard InChI is InChI=1S/C26H30N4O/c1-28(2)15-22-16-29(14-20-8-4-3-5-9-20)17-26(22)18-30(19-26)25(31)24-23-11-7-6-10-21(23)12-13-27-24/h3-13,22H,14-19H2,1-2H3. The lowest BCUT2D eigenvalue weighted by Gasteiger charge is -2.51. The molecule has 0 aliphatic carbocycles. The molecule has 5 rings (SSSR count). The molecule has 2 aliphatic rings. The highest BCUT2D eigenvalue weighted by Gasteiger charge is 2.55. The van der Waals surface area contributed by atoms with Crippen LogP contribution in [0.3, 0.4) is 0 Å². The van der Waals surface area contributed by atoms with Gasteiger partial charge in [0.1, 0.15) is 5.69 Å². The van der Waals surface area contributed by atoms with Gasteiger partial charge in [0.15, 0.2) is 0 Å². The molecule has 5 heteroatoms. The van der Waals surface area contributed by atoms with Crippen LogP contribution >= 0.6 is 0 Å². The number of fused-ring (bicyclic) bond motifs is 1. The third kappa shape index (κ3) is 3.84. The predicted octanol–water partition coefficient (Wildman–Crippen LogP) is 3.37. The van der Waals surface area contributed by atoms with E-state index in [1.165, 1.54) is 5.56 Å². The predicted molar refractivity (Wildman–Crippen MR) is 124 cm³/mol. The van der Waals surface area contributed by atoms with E-state index in [2.05, 4.69) is 59.2 Å². The van der Waals surface area contributed by atoms with Crippen LogP contribution in [0.1, 0.15) is 16.1 Å². The molecule has 5 nitrogen and oxygen atoms in total. The number of hydrogen-bond donors (Lipinski definition) is 0. The fraction of sp³-hybridized carbons (Fsp3) is 0.385. The molecule has 0 saturated carbocycles. The number of carbonyl (C=O) groups is 1. The maximum atomic E-state index is 13.3. The van der Waals surface area contributed by atoms with Gasteiger partial charge in [0.2, 0.25) is 0 Å². The smallest absolute Gasteiger partial charge is 0.273 e. The average Bonchev–Trinajstić information content (AvgIpc) is 3.09. The van der Waals surface area contributed by atoms with Gasteiger partial charge in [-0.25, -0.2) is 0 Å². The molecule has 1 aromatic heterocycles. The number of nitrogens with zero attached hydrogens (tertiary/aromatic N) is 4. The van der Waals surface area contributed by atoms with Crippen molar-refractivity contribution in [2.75, 3.05) is 46.8 Å². The number of likely N-dealkylation sites (tertiary alicyclic amines) is 2. The first-order valence-corrected chi connectivity index (χ1v) is 11.1. The summed E-state index contributed by atoms with van der Waals surface area (Å²) in [5.41, 5.74) is 2.12. The molecule has 2 aromatic carbocycles. The van der Waals surface area contributed by atoms with Crippen molar-refractivity contribution in [3.63, 3.8) is 0 Å². The molecule has 1 unspecified atom stereocenters. The highest BCUT2D eigenvalue weighted by molar-refractivity contribution is 6.05. The fourth-order valence-electron chi connectivity index (χ4n) is 5.45. The molecular weight excluding hydrogens is 384 g/mol. The molecular formula is C26H30N4O. The van der Waals surface area contributed by atoms with E-state index in [4.69, 9.17) is 0 Å². The Hall–Kier alpha value is -2.76. The molecule has 0 N–H and O–H groups in total. The summed E-state index contributed by atoms with van der Waals surface area (Å²) in [7, 11) is 4.30. The van der Waals surface area contributed by atoms with E-state index >= 15 is 0 Å². The van der Waals surface area contributed by atoms with Crippen molar-refractivity contribution in [3.05, 3.63) is 78.1 Å². The van der Waals surface area contributed by atoms with Crippen LogP contribution in [0.4, 0.5) is 0 Å². The van der Waals surface area contributed by atoms with E-state index in [1.54, 1.807) is 6.20 Å². The molecule has 1 amide bonds. The topological polar surface area (TPSA) is 39.7 Å². The monoisotopic (exact) mass is 414 g/mol. The van der Waals surface area contributed by atoms with E-state index in [-0.39, 0.29) is 11.3 Å². The van der Waals surface area contributed by atoms with Gasteiger partial charge in [-0.3, -0.25) is 14.7 Å². The van der Waals surface area contributed by atoms with Gasteiger partial charge in [-0.05, 0) is 37.0 Å². The molecule has 3 aromatic rings. The van der Waals surface area contributed by atoms with Crippen LogP contribution in [0.25, 0.3) is 10.8 Å². The Kier molecular flexibility index (Phi) is 5.24. The van der Waals surface area contributed by atoms with Crippen LogP contribution in [0, 0.1) is 11.3 Å². The number of amides is 1. The lowest BCUT2D eigenvalue weighted by atomic mass is 9.71. The molecule has 1 spiro atoms. The normalized spacial score (nSPS) is 20.5. The van der Waals surface area contributed by atoms with Crippen molar-refractivity contribution in [2.45, 2.75) is 6.54 Å². The lowest BCUT2D eigenvalue weighted by Crippen LogP contribution is -2.63. The number of rotatable bonds is 5. The Labute approximate surface area is 184 Å². The summed E-state index contributed by atoms with van der Waals surface area (Å²) in [6, 6.07) is 20.7. The van der Waals surface area contributed by atoms with Crippen LogP contribution in [0.2, 0.25) is 0 Å². The Morgan fingerprint density at radius 3 is 2.55 bits per heavy atom. The number of benzene rings is 2. The van der Waals surface area contributed by atoms with Gasteiger partial charge in [-0.1, -0.05) is 54.6 Å². The van der Waals surface area contributed by atoms with Crippen molar-refractivity contribution in [2.24, 2.45) is 11.3 Å². The second kappa shape index (κ2) is 8.06. The minimum absolute atomic E-state index is 0.0625. The summed E-state index contributed by atoms with van der Waals surface area (Å²) in [4.78, 5) is 24.6. The van der Waals surface area contributed by atoms with E-state index < -0.39 is 0 Å². The molecule has 1 atom stereocenters. The van der Waals surface area contributed by atoms with Crippen LogP contribution in [-0.2, 0) is 6.54 Å². The molecule has 160 valence electrons. The quantitative estimate of drug-likeness (QED) is 0.642. The Bertz CT molecular complexity index is 1070. The van der Waals surface area contributed by atoms with Gasteiger partial charge < -0.3 is 9.80 Å². The highest BCUT2D eigenvalue weighted by atomic mass is 16.2. The molecule has 0 bridgehead atoms. The zero-order valence-electron chi connectivity index (χ0n) is 18.4. The van der Waals surface area contributed by atoms with Crippen LogP contribution in [0.5, 0.6) is 0 Å². The minimum atomic E-state index is 0.0625. The molecule has 0 radical (unpaired) electrons. The number of carbonyl (C=O) groups excluding carboxylic acids is 1. The van der Waals surface area contributed by atoms with Crippen molar-refractivity contribution in [1.29, 1.82) is 0 Å². The zero-order chi connectivity index (χ0) is 21.4. The van der Waals surface area contributed by atoms with Crippen molar-refractivity contribution < 1.29 is 4.79 Å². The second-order valence-electron chi connectivity index (χ2n) is 9.52.